The standard InChI is InChI=1S/C12H22N2O5/c1-8(13)11(18)19-12(9(2)15,6-10(16)17)7-14(3,4)5/h8H,6-7,13H2,1-5H3/p+1/t8-,12+/m0/s1. The van der Waals surface area contributed by atoms with Gasteiger partial charge in [0, 0.05) is 0 Å². The van der Waals surface area contributed by atoms with Crippen molar-refractivity contribution in [1.29, 1.82) is 0 Å². The van der Waals surface area contributed by atoms with Crippen molar-refractivity contribution in [1.82, 2.24) is 0 Å². The van der Waals surface area contributed by atoms with Crippen molar-refractivity contribution in [2.75, 3.05) is 27.7 Å². The van der Waals surface area contributed by atoms with Crippen LogP contribution in [0.5, 0.6) is 0 Å². The molecule has 0 fully saturated rings. The summed E-state index contributed by atoms with van der Waals surface area (Å²) in [6, 6.07) is -0.917. The lowest BCUT2D eigenvalue weighted by molar-refractivity contribution is -0.875. The molecule has 7 nitrogen and oxygen atoms in total. The van der Waals surface area contributed by atoms with Crippen molar-refractivity contribution in [3.05, 3.63) is 0 Å². The van der Waals surface area contributed by atoms with Crippen LogP contribution in [0, 0.1) is 0 Å². The van der Waals surface area contributed by atoms with E-state index < -0.39 is 35.8 Å². The zero-order valence-electron chi connectivity index (χ0n) is 12.1. The molecule has 0 aliphatic heterocycles. The molecular formula is C12H23N2O5+. The Kier molecular flexibility index (Phi) is 5.64. The first-order valence-electron chi connectivity index (χ1n) is 5.91. The molecule has 0 aliphatic rings. The Morgan fingerprint density at radius 3 is 2.05 bits per heavy atom. The van der Waals surface area contributed by atoms with E-state index in [0.29, 0.717) is 0 Å². The highest BCUT2D eigenvalue weighted by Gasteiger charge is 2.47. The molecule has 0 unspecified atom stereocenters. The third kappa shape index (κ3) is 5.80. The number of ketones is 1. The Morgan fingerprint density at radius 1 is 1.32 bits per heavy atom. The molecule has 3 N–H and O–H groups in total. The van der Waals surface area contributed by atoms with Crippen LogP contribution >= 0.6 is 0 Å². The summed E-state index contributed by atoms with van der Waals surface area (Å²) in [6.45, 7) is 2.69. The van der Waals surface area contributed by atoms with Gasteiger partial charge in [-0.2, -0.15) is 0 Å². The van der Waals surface area contributed by atoms with Gasteiger partial charge >= 0.3 is 11.9 Å². The molecule has 0 bridgehead atoms. The van der Waals surface area contributed by atoms with E-state index in [0.717, 1.165) is 0 Å². The highest BCUT2D eigenvalue weighted by atomic mass is 16.6. The number of likely N-dealkylation sites (N-methyl/N-ethyl adjacent to an activating group) is 1. The Labute approximate surface area is 112 Å². The fourth-order valence-electron chi connectivity index (χ4n) is 1.73. The van der Waals surface area contributed by atoms with Gasteiger partial charge in [0.25, 0.3) is 0 Å². The van der Waals surface area contributed by atoms with Crippen molar-refractivity contribution in [2.45, 2.75) is 31.9 Å². The van der Waals surface area contributed by atoms with Crippen LogP contribution in [0.2, 0.25) is 0 Å². The quantitative estimate of drug-likeness (QED) is 0.474. The lowest BCUT2D eigenvalue weighted by atomic mass is 9.93. The molecule has 0 heterocycles. The minimum atomic E-state index is -1.69. The molecule has 0 amide bonds. The van der Waals surface area contributed by atoms with Crippen LogP contribution in [-0.2, 0) is 19.1 Å². The second-order valence-electron chi connectivity index (χ2n) is 5.78. The van der Waals surface area contributed by atoms with Crippen molar-refractivity contribution in [3.8, 4) is 0 Å². The van der Waals surface area contributed by atoms with Crippen LogP contribution in [-0.4, -0.2) is 66.6 Å². The van der Waals surface area contributed by atoms with Crippen LogP contribution in [0.4, 0.5) is 0 Å². The Morgan fingerprint density at radius 2 is 1.79 bits per heavy atom. The smallest absolute Gasteiger partial charge is 0.323 e. The van der Waals surface area contributed by atoms with Crippen LogP contribution in [0.3, 0.4) is 0 Å². The van der Waals surface area contributed by atoms with Gasteiger partial charge in [-0.05, 0) is 13.8 Å². The average molecular weight is 275 g/mol. The number of hydrogen-bond donors (Lipinski definition) is 2. The summed E-state index contributed by atoms with van der Waals surface area (Å²) >= 11 is 0. The highest BCUT2D eigenvalue weighted by molar-refractivity contribution is 5.92. The zero-order valence-corrected chi connectivity index (χ0v) is 12.1. The Hall–Kier alpha value is -1.47. The van der Waals surface area contributed by atoms with E-state index in [1.807, 2.05) is 0 Å². The topological polar surface area (TPSA) is 107 Å². The summed E-state index contributed by atoms with van der Waals surface area (Å²) in [5.74, 6) is -2.50. The largest absolute Gasteiger partial charge is 0.481 e. The maximum Gasteiger partial charge on any atom is 0.323 e. The van der Waals surface area contributed by atoms with Gasteiger partial charge in [0.2, 0.25) is 5.60 Å². The molecule has 19 heavy (non-hydrogen) atoms. The van der Waals surface area contributed by atoms with Crippen LogP contribution < -0.4 is 5.73 Å². The molecule has 7 heteroatoms. The maximum atomic E-state index is 11.8. The van der Waals surface area contributed by atoms with E-state index in [1.165, 1.54) is 13.8 Å². The number of carboxylic acids is 1. The van der Waals surface area contributed by atoms with Crippen molar-refractivity contribution < 1.29 is 28.7 Å². The number of nitrogens with two attached hydrogens (primary N) is 1. The van der Waals surface area contributed by atoms with E-state index in [2.05, 4.69) is 0 Å². The Balaban J connectivity index is 5.44. The molecule has 2 atom stereocenters. The summed E-state index contributed by atoms with van der Waals surface area (Å²) in [5, 5.41) is 8.96. The van der Waals surface area contributed by atoms with Gasteiger partial charge in [-0.1, -0.05) is 0 Å². The monoisotopic (exact) mass is 275 g/mol. The number of rotatable bonds is 7. The van der Waals surface area contributed by atoms with Gasteiger partial charge in [-0.25, -0.2) is 0 Å². The lowest BCUT2D eigenvalue weighted by Crippen LogP contribution is -2.57. The molecule has 0 saturated heterocycles. The minimum Gasteiger partial charge on any atom is -0.481 e. The van der Waals surface area contributed by atoms with E-state index in [9.17, 15) is 14.4 Å². The second-order valence-corrected chi connectivity index (χ2v) is 5.78. The molecule has 0 aromatic carbocycles. The molecule has 110 valence electrons. The number of quaternary nitrogens is 1. The van der Waals surface area contributed by atoms with Crippen LogP contribution in [0.25, 0.3) is 0 Å². The number of carbonyl (C=O) groups excluding carboxylic acids is 2. The third-order valence-corrected chi connectivity index (χ3v) is 2.48. The summed E-state index contributed by atoms with van der Waals surface area (Å²) in [4.78, 5) is 34.5. The SMILES string of the molecule is CC(=O)[C@@](CC(=O)O)(C[N+](C)(C)C)OC(=O)[C@H](C)N. The van der Waals surface area contributed by atoms with E-state index in [4.69, 9.17) is 15.6 Å². The third-order valence-electron chi connectivity index (χ3n) is 2.48. The summed E-state index contributed by atoms with van der Waals surface area (Å²) in [6.07, 6.45) is -0.573. The number of carbonyl (C=O) groups is 3. The first-order chi connectivity index (χ1) is 8.39. The van der Waals surface area contributed by atoms with Gasteiger partial charge < -0.3 is 20.1 Å². The molecule has 0 radical (unpaired) electrons. The second kappa shape index (κ2) is 6.12. The number of aliphatic carboxylic acids is 1. The number of ether oxygens (including phenoxy) is 1. The molecule has 0 spiro atoms. The predicted molar refractivity (Wildman–Crippen MR) is 68.3 cm³/mol. The molecular weight excluding hydrogens is 252 g/mol. The zero-order chi connectivity index (χ0) is 15.4. The molecule has 0 aliphatic carbocycles. The fraction of sp³-hybridized carbons (Fsp3) is 0.750. The molecule has 0 aromatic heterocycles. The average Bonchev–Trinajstić information content (AvgIpc) is 2.12. The first-order valence-corrected chi connectivity index (χ1v) is 5.91. The highest BCUT2D eigenvalue weighted by Crippen LogP contribution is 2.22. The maximum absolute atomic E-state index is 11.8. The van der Waals surface area contributed by atoms with Crippen LogP contribution in [0.15, 0.2) is 0 Å². The van der Waals surface area contributed by atoms with Gasteiger partial charge in [-0.15, -0.1) is 0 Å². The number of carboxylic acid groups (broad SMARTS) is 1. The van der Waals surface area contributed by atoms with Gasteiger partial charge in [0.1, 0.15) is 12.6 Å². The van der Waals surface area contributed by atoms with Crippen molar-refractivity contribution in [3.63, 3.8) is 0 Å². The Bertz CT molecular complexity index is 373. The lowest BCUT2D eigenvalue weighted by Gasteiger charge is -2.36. The summed E-state index contributed by atoms with van der Waals surface area (Å²) < 4.78 is 5.41. The van der Waals surface area contributed by atoms with E-state index in [-0.39, 0.29) is 11.0 Å². The van der Waals surface area contributed by atoms with Crippen molar-refractivity contribution in [2.24, 2.45) is 5.73 Å². The normalized spacial score (nSPS) is 16.3. The number of Topliss-reactive ketones (excluding diaryl/α,β-unsaturated/α-hetero) is 1. The van der Waals surface area contributed by atoms with Crippen LogP contribution in [0.1, 0.15) is 20.3 Å². The van der Waals surface area contributed by atoms with Gasteiger partial charge in [-0.3, -0.25) is 14.4 Å². The van der Waals surface area contributed by atoms with Gasteiger partial charge in [0.05, 0.1) is 27.6 Å². The van der Waals surface area contributed by atoms with E-state index >= 15 is 0 Å². The van der Waals surface area contributed by atoms with E-state index in [1.54, 1.807) is 21.1 Å². The minimum absolute atomic E-state index is 0.0626. The fourth-order valence-corrected chi connectivity index (χ4v) is 1.73. The molecule has 0 saturated carbocycles. The number of nitrogens with zero attached hydrogens (tertiary/aromatic N) is 1. The molecule has 0 rings (SSSR count). The summed E-state index contributed by atoms with van der Waals surface area (Å²) in [5.41, 5.74) is 3.71. The van der Waals surface area contributed by atoms with Gasteiger partial charge in [0.15, 0.2) is 5.78 Å². The first kappa shape index (κ1) is 17.5. The summed E-state index contributed by atoms with van der Waals surface area (Å²) in [7, 11) is 5.33. The molecule has 0 aromatic rings. The van der Waals surface area contributed by atoms with Crippen molar-refractivity contribution >= 4 is 17.7 Å². The predicted octanol–water partition coefficient (Wildman–Crippen LogP) is -0.614. The number of esters is 1. The number of hydrogen-bond acceptors (Lipinski definition) is 5.